The molecule has 6 nitrogen and oxygen atoms in total. The predicted octanol–water partition coefficient (Wildman–Crippen LogP) is 5.35. The molecule has 3 aromatic rings. The molecule has 2 heterocycles. The minimum Gasteiger partial charge on any atom is -0.331 e. The van der Waals surface area contributed by atoms with Crippen LogP contribution in [0.25, 0.3) is 5.69 Å². The molecule has 0 saturated heterocycles. The Morgan fingerprint density at radius 1 is 0.970 bits per heavy atom. The number of carbonyl (C=O) groups is 2. The van der Waals surface area contributed by atoms with E-state index in [1.807, 2.05) is 71.8 Å². The highest BCUT2D eigenvalue weighted by Gasteiger charge is 2.37. The maximum atomic E-state index is 13.9. The van der Waals surface area contributed by atoms with Gasteiger partial charge in [-0.25, -0.2) is 4.79 Å². The summed E-state index contributed by atoms with van der Waals surface area (Å²) in [5, 5.41) is 0.644. The smallest absolute Gasteiger partial charge is 0.319 e. The number of rotatable bonds is 6. The van der Waals surface area contributed by atoms with E-state index in [4.69, 9.17) is 11.6 Å². The lowest BCUT2D eigenvalue weighted by Crippen LogP contribution is -2.49. The Labute approximate surface area is 200 Å². The van der Waals surface area contributed by atoms with Gasteiger partial charge in [0.25, 0.3) is 0 Å². The molecule has 0 spiro atoms. The molecular formula is C26H29ClN4O2. The maximum absolute atomic E-state index is 13.9. The van der Waals surface area contributed by atoms with Gasteiger partial charge in [-0.05, 0) is 48.4 Å². The van der Waals surface area contributed by atoms with Crippen molar-refractivity contribution in [2.75, 3.05) is 32.1 Å². The second kappa shape index (κ2) is 9.71. The molecular weight excluding hydrogens is 436 g/mol. The van der Waals surface area contributed by atoms with E-state index in [2.05, 4.69) is 11.5 Å². The molecule has 1 aromatic heterocycles. The fourth-order valence-electron chi connectivity index (χ4n) is 4.34. The van der Waals surface area contributed by atoms with E-state index >= 15 is 0 Å². The van der Waals surface area contributed by atoms with Crippen LogP contribution in [0.1, 0.15) is 37.1 Å². The summed E-state index contributed by atoms with van der Waals surface area (Å²) in [7, 11) is 3.43. The summed E-state index contributed by atoms with van der Waals surface area (Å²) < 4.78 is 2.12. The predicted molar refractivity (Wildman–Crippen MR) is 132 cm³/mol. The fourth-order valence-corrected chi connectivity index (χ4v) is 4.46. The molecule has 7 heteroatoms. The molecule has 1 unspecified atom stereocenters. The average molecular weight is 465 g/mol. The van der Waals surface area contributed by atoms with Crippen LogP contribution in [0.15, 0.2) is 66.9 Å². The van der Waals surface area contributed by atoms with E-state index in [0.29, 0.717) is 11.6 Å². The van der Waals surface area contributed by atoms with Crippen molar-refractivity contribution in [3.63, 3.8) is 0 Å². The van der Waals surface area contributed by atoms with Crippen LogP contribution in [0.5, 0.6) is 0 Å². The summed E-state index contributed by atoms with van der Waals surface area (Å²) in [6, 6.07) is 19.0. The summed E-state index contributed by atoms with van der Waals surface area (Å²) in [5.41, 5.74) is 3.71. The van der Waals surface area contributed by atoms with Crippen LogP contribution in [0.3, 0.4) is 0 Å². The van der Waals surface area contributed by atoms with E-state index in [-0.39, 0.29) is 24.5 Å². The quantitative estimate of drug-likeness (QED) is 0.493. The molecule has 1 aliphatic heterocycles. The zero-order chi connectivity index (χ0) is 23.5. The number of unbranched alkanes of at least 4 members (excludes halogenated alkanes) is 1. The lowest BCUT2D eigenvalue weighted by molar-refractivity contribution is -0.119. The number of amides is 3. The second-order valence-corrected chi connectivity index (χ2v) is 8.90. The van der Waals surface area contributed by atoms with E-state index in [9.17, 15) is 9.59 Å². The van der Waals surface area contributed by atoms with Crippen molar-refractivity contribution in [2.45, 2.75) is 25.8 Å². The number of anilines is 1. The average Bonchev–Trinajstić information content (AvgIpc) is 3.31. The van der Waals surface area contributed by atoms with E-state index in [1.54, 1.807) is 19.0 Å². The Hall–Kier alpha value is -3.25. The summed E-state index contributed by atoms with van der Waals surface area (Å²) in [6.45, 7) is 2.62. The van der Waals surface area contributed by atoms with Crippen LogP contribution in [-0.2, 0) is 4.79 Å². The summed E-state index contributed by atoms with van der Waals surface area (Å²) in [4.78, 5) is 31.7. The van der Waals surface area contributed by atoms with Gasteiger partial charge in [-0.1, -0.05) is 49.2 Å². The third kappa shape index (κ3) is 4.48. The minimum atomic E-state index is -0.331. The number of hydrogen-bond donors (Lipinski definition) is 0. The molecule has 1 atom stereocenters. The Bertz CT molecular complexity index is 1140. The monoisotopic (exact) mass is 464 g/mol. The van der Waals surface area contributed by atoms with Crippen molar-refractivity contribution in [3.8, 4) is 5.69 Å². The molecule has 0 radical (unpaired) electrons. The van der Waals surface area contributed by atoms with Gasteiger partial charge in [-0.2, -0.15) is 0 Å². The van der Waals surface area contributed by atoms with Gasteiger partial charge in [0.15, 0.2) is 0 Å². The molecule has 0 fully saturated rings. The molecule has 4 rings (SSSR count). The highest BCUT2D eigenvalue weighted by molar-refractivity contribution is 6.30. The Kier molecular flexibility index (Phi) is 6.75. The van der Waals surface area contributed by atoms with Crippen molar-refractivity contribution in [2.24, 2.45) is 0 Å². The Balaban J connectivity index is 1.78. The number of benzene rings is 2. The molecule has 33 heavy (non-hydrogen) atoms. The zero-order valence-corrected chi connectivity index (χ0v) is 20.0. The first-order chi connectivity index (χ1) is 15.9. The number of aromatic nitrogens is 1. The molecule has 0 N–H and O–H groups in total. The zero-order valence-electron chi connectivity index (χ0n) is 19.2. The summed E-state index contributed by atoms with van der Waals surface area (Å²) in [5.74, 6) is -0.124. The first-order valence-corrected chi connectivity index (χ1v) is 11.6. The summed E-state index contributed by atoms with van der Waals surface area (Å²) in [6.07, 6.45) is 3.80. The van der Waals surface area contributed by atoms with E-state index in [1.165, 1.54) is 4.90 Å². The van der Waals surface area contributed by atoms with Crippen LogP contribution in [-0.4, -0.2) is 53.5 Å². The van der Waals surface area contributed by atoms with Crippen molar-refractivity contribution in [1.29, 1.82) is 0 Å². The molecule has 0 aliphatic carbocycles. The normalized spacial score (nSPS) is 14.4. The van der Waals surface area contributed by atoms with Gasteiger partial charge >= 0.3 is 6.03 Å². The van der Waals surface area contributed by atoms with Crippen molar-refractivity contribution in [1.82, 2.24) is 14.4 Å². The molecule has 1 aliphatic rings. The van der Waals surface area contributed by atoms with Crippen LogP contribution < -0.4 is 4.90 Å². The van der Waals surface area contributed by atoms with Gasteiger partial charge in [0.2, 0.25) is 5.91 Å². The topological polar surface area (TPSA) is 48.8 Å². The second-order valence-electron chi connectivity index (χ2n) is 8.46. The van der Waals surface area contributed by atoms with Gasteiger partial charge in [-0.3, -0.25) is 9.69 Å². The van der Waals surface area contributed by atoms with Gasteiger partial charge in [0, 0.05) is 31.9 Å². The number of para-hydroxylation sites is 2. The third-order valence-electron chi connectivity index (χ3n) is 5.93. The number of hydrogen-bond acceptors (Lipinski definition) is 2. The number of halogens is 1. The molecule has 0 saturated carbocycles. The maximum Gasteiger partial charge on any atom is 0.319 e. The number of fused-ring (bicyclic) bond motifs is 3. The first kappa shape index (κ1) is 22.9. The number of urea groups is 1. The highest BCUT2D eigenvalue weighted by Crippen LogP contribution is 2.42. The van der Waals surface area contributed by atoms with Crippen LogP contribution in [0.4, 0.5) is 10.5 Å². The van der Waals surface area contributed by atoms with Gasteiger partial charge in [0.05, 0.1) is 17.1 Å². The van der Waals surface area contributed by atoms with E-state index < -0.39 is 0 Å². The Morgan fingerprint density at radius 2 is 1.67 bits per heavy atom. The lowest BCUT2D eigenvalue weighted by Gasteiger charge is -2.39. The molecule has 0 bridgehead atoms. The van der Waals surface area contributed by atoms with Gasteiger partial charge < -0.3 is 14.4 Å². The van der Waals surface area contributed by atoms with Crippen molar-refractivity contribution in [3.05, 3.63) is 83.1 Å². The minimum absolute atomic E-state index is 0.0101. The Morgan fingerprint density at radius 3 is 2.33 bits per heavy atom. The lowest BCUT2D eigenvalue weighted by atomic mass is 9.97. The first-order valence-electron chi connectivity index (χ1n) is 11.2. The molecule has 3 amide bonds. The molecule has 172 valence electrons. The summed E-state index contributed by atoms with van der Waals surface area (Å²) >= 11 is 6.16. The fraction of sp³-hybridized carbons (Fsp3) is 0.308. The largest absolute Gasteiger partial charge is 0.331 e. The van der Waals surface area contributed by atoms with Gasteiger partial charge in [-0.15, -0.1) is 0 Å². The molecule has 2 aromatic carbocycles. The number of carbonyl (C=O) groups excluding carboxylic acids is 2. The third-order valence-corrected chi connectivity index (χ3v) is 6.19. The van der Waals surface area contributed by atoms with Crippen LogP contribution >= 0.6 is 11.6 Å². The standard InChI is InChI=1S/C26H29ClN4O2/c1-4-5-16-29(26(33)28(2)3)18-24(32)31-22-10-7-6-9-21(22)30-17-8-11-23(30)25(31)19-12-14-20(27)15-13-19/h6-15,17,25H,4-5,16,18H2,1-3H3. The van der Waals surface area contributed by atoms with Crippen molar-refractivity contribution < 1.29 is 9.59 Å². The van der Waals surface area contributed by atoms with Crippen molar-refractivity contribution >= 4 is 29.2 Å². The van der Waals surface area contributed by atoms with E-state index in [0.717, 1.165) is 35.5 Å². The van der Waals surface area contributed by atoms with Crippen LogP contribution in [0, 0.1) is 0 Å². The SMILES string of the molecule is CCCCN(CC(=O)N1c2ccccc2-n2cccc2C1c1ccc(Cl)cc1)C(=O)N(C)C. The number of nitrogens with zero attached hydrogens (tertiary/aromatic N) is 4. The highest BCUT2D eigenvalue weighted by atomic mass is 35.5. The van der Waals surface area contributed by atoms with Gasteiger partial charge in [0.1, 0.15) is 12.6 Å². The van der Waals surface area contributed by atoms with Crippen LogP contribution in [0.2, 0.25) is 5.02 Å².